The predicted molar refractivity (Wildman–Crippen MR) is 464 cm³/mol. The number of anilines is 3. The maximum Gasteiger partial charge on any atom is 0.494 e. The summed E-state index contributed by atoms with van der Waals surface area (Å²) in [6.07, 6.45) is 2.59. The number of nitrogens with two attached hydrogens (primary N) is 1. The molecule has 2 aromatic heterocycles. The van der Waals surface area contributed by atoms with Crippen molar-refractivity contribution in [2.45, 2.75) is 228 Å². The number of sulfonamides is 1. The summed E-state index contributed by atoms with van der Waals surface area (Å²) in [7, 11) is -5.55. The Morgan fingerprint density at radius 1 is 0.546 bits per heavy atom. The summed E-state index contributed by atoms with van der Waals surface area (Å²) in [5.41, 5.74) is 16.6. The fourth-order valence-corrected chi connectivity index (χ4v) is 14.7. The number of hydrogen-bond donors (Lipinski definition) is 4. The molecular formula is C85H108B5ClFN9O17S. The number of nitrogens with one attached hydrogen (secondary N) is 3. The molecule has 11 heterocycles. The molecule has 9 aliphatic rings. The van der Waals surface area contributed by atoms with Gasteiger partial charge in [0.05, 0.1) is 115 Å². The fourth-order valence-electron chi connectivity index (χ4n) is 13.8. The van der Waals surface area contributed by atoms with Gasteiger partial charge in [0.1, 0.15) is 23.5 Å². The average molecular weight is 1670 g/mol. The van der Waals surface area contributed by atoms with Crippen molar-refractivity contribution >= 4 is 136 Å². The highest BCUT2D eigenvalue weighted by atomic mass is 35.5. The normalized spacial score (nSPS) is 21.0. The molecule has 6 saturated heterocycles. The molecular weight excluding hydrogens is 1560 g/mol. The number of carbonyl (C=O) groups excluding carboxylic acids is 3. The molecule has 6 aromatic carbocycles. The number of ketones is 1. The highest BCUT2D eigenvalue weighted by Gasteiger charge is 2.56. The van der Waals surface area contributed by atoms with E-state index >= 15 is 0 Å². The number of ether oxygens (including phenoxy) is 1. The topological polar surface area (TPSA) is 316 Å². The first-order valence-electron chi connectivity index (χ1n) is 39.9. The molecule has 26 nitrogen and oxygen atoms in total. The SMILES string of the molecule is CC(=O)c1ccc(B2OC(C)(C)C(C)(C)O2)cc1F.CC1(C)OB(c2ccc3c(c2)C(=O)NC3)OC1(C)C.CC1(C)OB(c2ccc3c(c2)CNC3=O)OC1(C)C.CC1(C)OB(c2cccc(NS(C)(=O)=O)c2)OC1(C)C.Cc1nc2ccc(B3OC(C)(C)C(C)(C)O3)cc2o1.Nc1ncnc2c1C(c1ccc(N3CCOCC3)c(Cl)c1)=NC2. The number of hydrogen-bond acceptors (Lipinski definition) is 23. The van der Waals surface area contributed by atoms with Crippen molar-refractivity contribution in [3.63, 3.8) is 0 Å². The molecule has 0 radical (unpaired) electrons. The molecule has 2 amide bonds. The van der Waals surface area contributed by atoms with Crippen LogP contribution in [0.1, 0.15) is 210 Å². The van der Waals surface area contributed by atoms with Gasteiger partial charge in [-0.2, -0.15) is 0 Å². The van der Waals surface area contributed by atoms with E-state index in [1.807, 2.05) is 224 Å². The zero-order chi connectivity index (χ0) is 86.9. The number of morpholine rings is 1. The van der Waals surface area contributed by atoms with Crippen LogP contribution in [-0.4, -0.2) is 171 Å². The van der Waals surface area contributed by atoms with Gasteiger partial charge in [-0.05, 0) is 245 Å². The fraction of sp³-hybridized carbons (Fsp3) is 0.471. The number of halogens is 2. The molecule has 34 heteroatoms. The maximum absolute atomic E-state index is 13.8. The van der Waals surface area contributed by atoms with Gasteiger partial charge in [-0.1, -0.05) is 66.2 Å². The molecule has 0 unspecified atom stereocenters. The number of fused-ring (bicyclic) bond motifs is 4. The molecule has 5 N–H and O–H groups in total. The van der Waals surface area contributed by atoms with E-state index in [1.165, 1.54) is 25.4 Å². The van der Waals surface area contributed by atoms with E-state index in [1.54, 1.807) is 24.3 Å². The molecule has 17 rings (SSSR count). The van der Waals surface area contributed by atoms with Gasteiger partial charge < -0.3 is 77.0 Å². The monoisotopic (exact) mass is 1670 g/mol. The molecule has 6 fully saturated rings. The number of carbonyl (C=O) groups is 3. The molecule has 630 valence electrons. The number of oxazole rings is 1. The van der Waals surface area contributed by atoms with Crippen molar-refractivity contribution in [1.82, 2.24) is 25.6 Å². The van der Waals surface area contributed by atoms with Gasteiger partial charge >= 0.3 is 35.6 Å². The van der Waals surface area contributed by atoms with Crippen molar-refractivity contribution in [2.75, 3.05) is 47.9 Å². The molecule has 8 aromatic rings. The van der Waals surface area contributed by atoms with E-state index in [0.29, 0.717) is 47.5 Å². The summed E-state index contributed by atoms with van der Waals surface area (Å²) in [5.74, 6) is 0.266. The van der Waals surface area contributed by atoms with Crippen molar-refractivity contribution < 1.29 is 82.9 Å². The maximum atomic E-state index is 13.8. The Kier molecular flexibility index (Phi) is 25.3. The van der Waals surface area contributed by atoms with Gasteiger partial charge in [0.15, 0.2) is 17.3 Å². The molecule has 0 saturated carbocycles. The minimum atomic E-state index is -3.29. The van der Waals surface area contributed by atoms with E-state index in [9.17, 15) is 27.2 Å². The first-order chi connectivity index (χ1) is 55.3. The second-order valence-corrected chi connectivity index (χ2v) is 38.1. The standard InChI is InChI=1S/C16H16ClN5O.C14H18BFO3.3C14H18BNO3.C13H20BNO4S/c17-11-7-10(1-2-13(11)22-3-5-23-6-4-22)15-14-12(8-19-15)20-9-21-16(14)18;1-9(17)11-7-6-10(8-12(11)16)15-18-13(2,3)14(4,5)19-15;1-9-16-11-7-6-10(8-12(11)17-9)15-18-13(2,3)14(4,5)19-15;1-13(2)14(3,4)19-15(18-13)10-5-6-11-9(7-10)8-16-12(11)17;1-13(2)14(3,4)19-15(18-13)10-6-5-9-8-16-12(17)11(9)7-10;1-12(2)13(3,4)19-14(18-12)10-7-6-8-11(9-10)15-20(5,16)17/h1-2,7,9H,3-6,8H2,(H2,18,20,21);2*6-8H,1-5H3;2*5-7H,8H2,1-4H3,(H,16,17);6-9,15H,1-5H3. The smallest absolute Gasteiger partial charge is 0.441 e. The Morgan fingerprint density at radius 3 is 1.50 bits per heavy atom. The van der Waals surface area contributed by atoms with Gasteiger partial charge in [0, 0.05) is 55.5 Å². The summed E-state index contributed by atoms with van der Waals surface area (Å²) in [6, 6.07) is 34.9. The van der Waals surface area contributed by atoms with E-state index in [-0.39, 0.29) is 71.0 Å². The van der Waals surface area contributed by atoms with Crippen LogP contribution in [0.5, 0.6) is 0 Å². The zero-order valence-corrected chi connectivity index (χ0v) is 73.9. The van der Waals surface area contributed by atoms with Gasteiger partial charge in [-0.15, -0.1) is 0 Å². The summed E-state index contributed by atoms with van der Waals surface area (Å²) < 4.78 is 109. The van der Waals surface area contributed by atoms with Crippen molar-refractivity contribution in [2.24, 2.45) is 4.99 Å². The second-order valence-electron chi connectivity index (χ2n) is 35.9. The van der Waals surface area contributed by atoms with E-state index < -0.39 is 59.6 Å². The number of aliphatic imine (C=N–C) groups is 1. The number of Topliss-reactive ketones (excluding diaryl/α,β-unsaturated/α-hetero) is 1. The van der Waals surface area contributed by atoms with Crippen LogP contribution in [0, 0.1) is 12.7 Å². The third-order valence-electron chi connectivity index (χ3n) is 24.5. The number of nitrogen functional groups attached to an aromatic ring is 1. The Bertz CT molecular complexity index is 5270. The lowest BCUT2D eigenvalue weighted by molar-refractivity contribution is 0.00578. The predicted octanol–water partition coefficient (Wildman–Crippen LogP) is 10.5. The number of aryl methyl sites for hydroxylation is 1. The van der Waals surface area contributed by atoms with Crippen molar-refractivity contribution in [3.05, 3.63) is 183 Å². The highest BCUT2D eigenvalue weighted by molar-refractivity contribution is 7.92. The van der Waals surface area contributed by atoms with Gasteiger partial charge in [0.25, 0.3) is 11.8 Å². The Hall–Kier alpha value is -8.40. The molecule has 9 aliphatic heterocycles. The van der Waals surface area contributed by atoms with E-state index in [2.05, 4.69) is 40.2 Å². The molecule has 0 atom stereocenters. The van der Waals surface area contributed by atoms with Crippen LogP contribution in [0.3, 0.4) is 0 Å². The van der Waals surface area contributed by atoms with E-state index in [4.69, 9.17) is 73.0 Å². The molecule has 0 bridgehead atoms. The van der Waals surface area contributed by atoms with Crippen LogP contribution in [0.15, 0.2) is 131 Å². The lowest BCUT2D eigenvalue weighted by Gasteiger charge is -2.32. The second kappa shape index (κ2) is 33.4. The highest BCUT2D eigenvalue weighted by Crippen LogP contribution is 2.42. The zero-order valence-electron chi connectivity index (χ0n) is 72.3. The number of benzene rings is 6. The summed E-state index contributed by atoms with van der Waals surface area (Å²) >= 11 is 6.51. The van der Waals surface area contributed by atoms with Crippen LogP contribution in [0.2, 0.25) is 5.02 Å². The lowest BCUT2D eigenvalue weighted by Crippen LogP contribution is -2.41. The summed E-state index contributed by atoms with van der Waals surface area (Å²) in [4.78, 5) is 53.8. The molecule has 119 heavy (non-hydrogen) atoms. The number of amides is 2. The largest absolute Gasteiger partial charge is 0.494 e. The van der Waals surface area contributed by atoms with Crippen LogP contribution >= 0.6 is 11.6 Å². The lowest BCUT2D eigenvalue weighted by atomic mass is 9.78. The van der Waals surface area contributed by atoms with Gasteiger partial charge in [0.2, 0.25) is 10.0 Å². The molecule has 0 aliphatic carbocycles. The number of aromatic nitrogens is 3. The summed E-state index contributed by atoms with van der Waals surface area (Å²) in [5, 5.41) is 6.33. The Balaban J connectivity index is 0.000000131. The first kappa shape index (κ1) is 89.9. The van der Waals surface area contributed by atoms with Crippen LogP contribution in [0.4, 0.5) is 21.6 Å². The number of nitrogens with zero attached hydrogens (tertiary/aromatic N) is 5. The van der Waals surface area contributed by atoms with Crippen LogP contribution in [-0.2, 0) is 80.9 Å². The van der Waals surface area contributed by atoms with Crippen molar-refractivity contribution in [1.29, 1.82) is 0 Å². The molecule has 0 spiro atoms. The van der Waals surface area contributed by atoms with Crippen LogP contribution in [0.25, 0.3) is 11.1 Å². The third kappa shape index (κ3) is 19.4. The number of rotatable bonds is 10. The van der Waals surface area contributed by atoms with Gasteiger partial charge in [-0.25, -0.2) is 27.8 Å². The Morgan fingerprint density at radius 2 is 1.00 bits per heavy atom. The minimum absolute atomic E-state index is 0.00420. The van der Waals surface area contributed by atoms with Crippen LogP contribution < -0.4 is 53.3 Å². The Labute approximate surface area is 704 Å². The van der Waals surface area contributed by atoms with E-state index in [0.717, 1.165) is 116 Å². The van der Waals surface area contributed by atoms with Gasteiger partial charge in [-0.3, -0.25) is 24.1 Å². The average Bonchev–Trinajstić information content (AvgIpc) is 1.70. The third-order valence-corrected chi connectivity index (χ3v) is 25.4. The minimum Gasteiger partial charge on any atom is -0.441 e. The first-order valence-corrected chi connectivity index (χ1v) is 42.2. The quantitative estimate of drug-likeness (QED) is 0.0730. The van der Waals surface area contributed by atoms with Crippen molar-refractivity contribution in [3.8, 4) is 0 Å². The summed E-state index contributed by atoms with van der Waals surface area (Å²) in [6.45, 7) is 48.1.